The molecule has 0 spiro atoms. The maximum Gasteiger partial charge on any atom is 0.573 e. The lowest BCUT2D eigenvalue weighted by molar-refractivity contribution is -0.274. The molecular formula is C20H21F3N2O3. The highest BCUT2D eigenvalue weighted by atomic mass is 19.4. The Hall–Kier alpha value is -2.90. The van der Waals surface area contributed by atoms with E-state index in [0.717, 1.165) is 0 Å². The summed E-state index contributed by atoms with van der Waals surface area (Å²) >= 11 is 0. The summed E-state index contributed by atoms with van der Waals surface area (Å²) in [5.74, 6) is -0.664. The van der Waals surface area contributed by atoms with Crippen molar-refractivity contribution in [1.29, 1.82) is 0 Å². The third-order valence-corrected chi connectivity index (χ3v) is 4.00. The number of carbonyl (C=O) groups is 2. The summed E-state index contributed by atoms with van der Waals surface area (Å²) in [5, 5.41) is 2.79. The molecule has 2 aromatic rings. The highest BCUT2D eigenvalue weighted by molar-refractivity contribution is 5.95. The Kier molecular flexibility index (Phi) is 6.77. The Labute approximate surface area is 160 Å². The van der Waals surface area contributed by atoms with E-state index in [1.54, 1.807) is 32.9 Å². The normalized spacial score (nSPS) is 12.4. The highest BCUT2D eigenvalue weighted by Crippen LogP contribution is 2.24. The van der Waals surface area contributed by atoms with Gasteiger partial charge < -0.3 is 10.1 Å². The molecule has 0 fully saturated rings. The first kappa shape index (κ1) is 21.4. The number of amides is 1. The maximum absolute atomic E-state index is 12.5. The fraction of sp³-hybridized carbons (Fsp3) is 0.350. The van der Waals surface area contributed by atoms with Crippen LogP contribution in [0.15, 0.2) is 36.4 Å². The fourth-order valence-electron chi connectivity index (χ4n) is 2.61. The number of aryl methyl sites for hydroxylation is 1. The zero-order valence-electron chi connectivity index (χ0n) is 15.8. The molecule has 150 valence electrons. The minimum Gasteiger partial charge on any atom is -0.406 e. The number of hydrogen-bond acceptors (Lipinski definition) is 4. The van der Waals surface area contributed by atoms with E-state index in [1.165, 1.54) is 24.3 Å². The monoisotopic (exact) mass is 394 g/mol. The van der Waals surface area contributed by atoms with Gasteiger partial charge in [0.15, 0.2) is 0 Å². The SMILES string of the molecule is CCC(=O)Cc1cc(C(=O)NC(C)c2ccc(OC(F)(F)F)cc2)cc(C)n1. The second kappa shape index (κ2) is 8.86. The van der Waals surface area contributed by atoms with Gasteiger partial charge in [0.25, 0.3) is 5.91 Å². The van der Waals surface area contributed by atoms with Crippen molar-refractivity contribution in [2.75, 3.05) is 0 Å². The molecule has 1 aromatic carbocycles. The van der Waals surface area contributed by atoms with Crippen LogP contribution in [0.5, 0.6) is 5.75 Å². The van der Waals surface area contributed by atoms with E-state index in [9.17, 15) is 22.8 Å². The van der Waals surface area contributed by atoms with Crippen molar-refractivity contribution in [2.45, 2.75) is 46.0 Å². The van der Waals surface area contributed by atoms with Gasteiger partial charge in [-0.15, -0.1) is 13.2 Å². The van der Waals surface area contributed by atoms with Crippen LogP contribution >= 0.6 is 0 Å². The molecule has 1 atom stereocenters. The lowest BCUT2D eigenvalue weighted by Crippen LogP contribution is -2.27. The average Bonchev–Trinajstić information content (AvgIpc) is 2.60. The number of aromatic nitrogens is 1. The lowest BCUT2D eigenvalue weighted by atomic mass is 10.1. The van der Waals surface area contributed by atoms with Gasteiger partial charge in [0, 0.05) is 29.8 Å². The molecule has 1 unspecified atom stereocenters. The second-order valence-corrected chi connectivity index (χ2v) is 6.37. The van der Waals surface area contributed by atoms with Crippen molar-refractivity contribution in [3.8, 4) is 5.75 Å². The second-order valence-electron chi connectivity index (χ2n) is 6.37. The molecule has 5 nitrogen and oxygen atoms in total. The number of ketones is 1. The third-order valence-electron chi connectivity index (χ3n) is 4.00. The summed E-state index contributed by atoms with van der Waals surface area (Å²) < 4.78 is 40.5. The summed E-state index contributed by atoms with van der Waals surface area (Å²) in [5.41, 5.74) is 2.14. The number of carbonyl (C=O) groups excluding carboxylic acids is 2. The van der Waals surface area contributed by atoms with E-state index in [-0.39, 0.29) is 23.9 Å². The smallest absolute Gasteiger partial charge is 0.406 e. The number of ether oxygens (including phenoxy) is 1. The minimum atomic E-state index is -4.75. The molecule has 1 N–H and O–H groups in total. The molecule has 0 saturated heterocycles. The standard InChI is InChI=1S/C20H21F3N2O3/c1-4-17(26)11-16-10-15(9-12(2)24-16)19(27)25-13(3)14-5-7-18(8-6-14)28-20(21,22)23/h5-10,13H,4,11H2,1-3H3,(H,25,27). The zero-order chi connectivity index (χ0) is 20.9. The molecule has 0 radical (unpaired) electrons. The number of benzene rings is 1. The Balaban J connectivity index is 2.08. The van der Waals surface area contributed by atoms with Crippen molar-refractivity contribution < 1.29 is 27.5 Å². The number of rotatable bonds is 7. The van der Waals surface area contributed by atoms with Crippen LogP contribution in [-0.4, -0.2) is 23.0 Å². The largest absolute Gasteiger partial charge is 0.573 e. The van der Waals surface area contributed by atoms with Crippen molar-refractivity contribution in [2.24, 2.45) is 0 Å². The molecule has 0 aliphatic rings. The Morgan fingerprint density at radius 1 is 1.18 bits per heavy atom. The number of nitrogens with one attached hydrogen (secondary N) is 1. The van der Waals surface area contributed by atoms with E-state index < -0.39 is 12.4 Å². The minimum absolute atomic E-state index is 0.0268. The summed E-state index contributed by atoms with van der Waals surface area (Å²) in [4.78, 5) is 28.4. The van der Waals surface area contributed by atoms with Crippen LogP contribution in [0.3, 0.4) is 0 Å². The van der Waals surface area contributed by atoms with Gasteiger partial charge in [-0.25, -0.2) is 0 Å². The van der Waals surface area contributed by atoms with Gasteiger partial charge >= 0.3 is 6.36 Å². The van der Waals surface area contributed by atoms with E-state index in [1.807, 2.05) is 0 Å². The van der Waals surface area contributed by atoms with E-state index >= 15 is 0 Å². The fourth-order valence-corrected chi connectivity index (χ4v) is 2.61. The molecule has 2 rings (SSSR count). The van der Waals surface area contributed by atoms with Crippen molar-refractivity contribution in [3.05, 3.63) is 58.9 Å². The van der Waals surface area contributed by atoms with Crippen LogP contribution in [0.1, 0.15) is 53.6 Å². The number of Topliss-reactive ketones (excluding diaryl/α,β-unsaturated/α-hetero) is 1. The van der Waals surface area contributed by atoms with E-state index in [2.05, 4.69) is 15.0 Å². The summed E-state index contributed by atoms with van der Waals surface area (Å²) in [6, 6.07) is 8.03. The summed E-state index contributed by atoms with van der Waals surface area (Å²) in [7, 11) is 0. The summed E-state index contributed by atoms with van der Waals surface area (Å²) in [6.45, 7) is 5.21. The number of nitrogens with zero attached hydrogens (tertiary/aromatic N) is 1. The first-order valence-electron chi connectivity index (χ1n) is 8.73. The molecule has 1 amide bonds. The number of pyridine rings is 1. The molecule has 28 heavy (non-hydrogen) atoms. The van der Waals surface area contributed by atoms with Crippen LogP contribution < -0.4 is 10.1 Å². The van der Waals surface area contributed by atoms with Crippen LogP contribution in [0.2, 0.25) is 0 Å². The quantitative estimate of drug-likeness (QED) is 0.760. The molecule has 0 saturated carbocycles. The van der Waals surface area contributed by atoms with Gasteiger partial charge in [-0.2, -0.15) is 0 Å². The predicted molar refractivity (Wildman–Crippen MR) is 97.0 cm³/mol. The molecule has 0 bridgehead atoms. The van der Waals surface area contributed by atoms with Gasteiger partial charge in [-0.05, 0) is 43.7 Å². The van der Waals surface area contributed by atoms with Gasteiger partial charge in [0.2, 0.25) is 0 Å². The van der Waals surface area contributed by atoms with Gasteiger partial charge in [-0.3, -0.25) is 14.6 Å². The Morgan fingerprint density at radius 3 is 2.39 bits per heavy atom. The average molecular weight is 394 g/mol. The summed E-state index contributed by atoms with van der Waals surface area (Å²) in [6.07, 6.45) is -4.20. The highest BCUT2D eigenvalue weighted by Gasteiger charge is 2.31. The number of halogens is 3. The van der Waals surface area contributed by atoms with E-state index in [4.69, 9.17) is 0 Å². The number of hydrogen-bond donors (Lipinski definition) is 1. The molecule has 1 aromatic heterocycles. The van der Waals surface area contributed by atoms with Crippen LogP contribution in [0.4, 0.5) is 13.2 Å². The predicted octanol–water partition coefficient (Wildman–Crippen LogP) is 4.30. The first-order chi connectivity index (χ1) is 13.1. The van der Waals surface area contributed by atoms with E-state index in [0.29, 0.717) is 28.9 Å². The topological polar surface area (TPSA) is 68.3 Å². The van der Waals surface area contributed by atoms with Gasteiger partial charge in [-0.1, -0.05) is 19.1 Å². The van der Waals surface area contributed by atoms with Crippen molar-refractivity contribution in [1.82, 2.24) is 10.3 Å². The lowest BCUT2D eigenvalue weighted by Gasteiger charge is -2.16. The van der Waals surface area contributed by atoms with Crippen molar-refractivity contribution >= 4 is 11.7 Å². The molecule has 8 heteroatoms. The zero-order valence-corrected chi connectivity index (χ0v) is 15.8. The van der Waals surface area contributed by atoms with Crippen LogP contribution in [0, 0.1) is 6.92 Å². The van der Waals surface area contributed by atoms with Crippen LogP contribution in [0.25, 0.3) is 0 Å². The Bertz CT molecular complexity index is 849. The molecule has 0 aliphatic carbocycles. The molecule has 1 heterocycles. The van der Waals surface area contributed by atoms with Gasteiger partial charge in [0.1, 0.15) is 11.5 Å². The van der Waals surface area contributed by atoms with Gasteiger partial charge in [0.05, 0.1) is 6.04 Å². The number of alkyl halides is 3. The van der Waals surface area contributed by atoms with Crippen molar-refractivity contribution in [3.63, 3.8) is 0 Å². The first-order valence-corrected chi connectivity index (χ1v) is 8.73. The molecular weight excluding hydrogens is 373 g/mol. The third kappa shape index (κ3) is 6.37. The Morgan fingerprint density at radius 2 is 1.82 bits per heavy atom. The van der Waals surface area contributed by atoms with Crippen LogP contribution in [-0.2, 0) is 11.2 Å². The maximum atomic E-state index is 12.5. The molecule has 0 aliphatic heterocycles.